The number of carbonyl (C=O) groups excluding carboxylic acids is 1. The van der Waals surface area contributed by atoms with Crippen molar-refractivity contribution in [1.82, 2.24) is 14.9 Å². The topological polar surface area (TPSA) is 78.5 Å². The minimum absolute atomic E-state index is 0.100. The van der Waals surface area contributed by atoms with Gasteiger partial charge in [0.15, 0.2) is 5.41 Å². The van der Waals surface area contributed by atoms with E-state index in [0.29, 0.717) is 0 Å². The van der Waals surface area contributed by atoms with Gasteiger partial charge in [0.2, 0.25) is 15.9 Å². The normalized spacial score (nSPS) is 24.1. The zero-order valence-corrected chi connectivity index (χ0v) is 12.1. The van der Waals surface area contributed by atoms with Crippen LogP contribution in [0.2, 0.25) is 0 Å². The van der Waals surface area contributed by atoms with E-state index in [9.17, 15) is 26.4 Å². The smallest absolute Gasteiger partial charge is 0.354 e. The Bertz CT molecular complexity index is 456. The van der Waals surface area contributed by atoms with Gasteiger partial charge < -0.3 is 10.6 Å². The van der Waals surface area contributed by atoms with Crippen molar-refractivity contribution in [3.8, 4) is 0 Å². The van der Waals surface area contributed by atoms with E-state index in [1.165, 1.54) is 14.1 Å². The number of amides is 1. The second-order valence-electron chi connectivity index (χ2n) is 4.86. The summed E-state index contributed by atoms with van der Waals surface area (Å²) in [6, 6.07) is 0. The minimum Gasteiger partial charge on any atom is -0.354 e. The van der Waals surface area contributed by atoms with Gasteiger partial charge in [-0.3, -0.25) is 4.79 Å². The zero-order valence-electron chi connectivity index (χ0n) is 11.2. The van der Waals surface area contributed by atoms with Crippen LogP contribution < -0.4 is 10.6 Å². The van der Waals surface area contributed by atoms with Gasteiger partial charge in [-0.2, -0.15) is 13.2 Å². The Balaban J connectivity index is 2.66. The number of alkyl halides is 3. The molecule has 0 aromatic carbocycles. The SMILES string of the molecule is CN(C)S(=O)(=O)CCNC(=O)C1(C(F)(F)F)CCNC1. The molecule has 1 aliphatic rings. The molecule has 1 atom stereocenters. The molecular formula is C10H18F3N3O3S. The third-order valence-corrected chi connectivity index (χ3v) is 5.17. The van der Waals surface area contributed by atoms with E-state index in [1.54, 1.807) is 0 Å². The van der Waals surface area contributed by atoms with Crippen molar-refractivity contribution in [2.24, 2.45) is 5.41 Å². The van der Waals surface area contributed by atoms with Crippen LogP contribution in [0.5, 0.6) is 0 Å². The van der Waals surface area contributed by atoms with E-state index >= 15 is 0 Å². The largest absolute Gasteiger partial charge is 0.404 e. The molecule has 20 heavy (non-hydrogen) atoms. The molecule has 1 unspecified atom stereocenters. The van der Waals surface area contributed by atoms with Crippen LogP contribution in [-0.4, -0.2) is 64.3 Å². The first-order valence-electron chi connectivity index (χ1n) is 5.99. The Morgan fingerprint density at radius 3 is 2.40 bits per heavy atom. The first kappa shape index (κ1) is 17.2. The highest BCUT2D eigenvalue weighted by atomic mass is 32.2. The van der Waals surface area contributed by atoms with Crippen molar-refractivity contribution < 1.29 is 26.4 Å². The summed E-state index contributed by atoms with van der Waals surface area (Å²) in [5.74, 6) is -1.61. The fourth-order valence-electron chi connectivity index (χ4n) is 1.90. The van der Waals surface area contributed by atoms with Gasteiger partial charge in [0.1, 0.15) is 0 Å². The molecule has 2 N–H and O–H groups in total. The molecule has 0 bridgehead atoms. The summed E-state index contributed by atoms with van der Waals surface area (Å²) in [6.45, 7) is -0.733. The van der Waals surface area contributed by atoms with Crippen molar-refractivity contribution in [3.63, 3.8) is 0 Å². The van der Waals surface area contributed by atoms with Crippen LogP contribution >= 0.6 is 0 Å². The molecule has 118 valence electrons. The van der Waals surface area contributed by atoms with Crippen molar-refractivity contribution in [2.45, 2.75) is 12.6 Å². The molecule has 0 saturated carbocycles. The maximum atomic E-state index is 13.0. The Morgan fingerprint density at radius 2 is 2.00 bits per heavy atom. The first-order valence-corrected chi connectivity index (χ1v) is 7.60. The third-order valence-electron chi connectivity index (χ3n) is 3.33. The average molecular weight is 317 g/mol. The lowest BCUT2D eigenvalue weighted by Gasteiger charge is -2.29. The van der Waals surface area contributed by atoms with E-state index in [1.807, 2.05) is 0 Å². The van der Waals surface area contributed by atoms with Gasteiger partial charge in [0.25, 0.3) is 0 Å². The van der Waals surface area contributed by atoms with E-state index in [4.69, 9.17) is 0 Å². The average Bonchev–Trinajstić information content (AvgIpc) is 2.77. The van der Waals surface area contributed by atoms with Crippen molar-refractivity contribution in [2.75, 3.05) is 39.5 Å². The number of halogens is 3. The van der Waals surface area contributed by atoms with E-state index in [2.05, 4.69) is 10.6 Å². The Hall–Kier alpha value is -0.870. The molecular weight excluding hydrogens is 299 g/mol. The number of hydrogen-bond acceptors (Lipinski definition) is 4. The highest BCUT2D eigenvalue weighted by molar-refractivity contribution is 7.89. The molecule has 0 spiro atoms. The maximum absolute atomic E-state index is 13.0. The lowest BCUT2D eigenvalue weighted by molar-refractivity contribution is -0.215. The number of hydrogen-bond donors (Lipinski definition) is 2. The number of sulfonamides is 1. The van der Waals surface area contributed by atoms with Crippen LogP contribution in [0.25, 0.3) is 0 Å². The fraction of sp³-hybridized carbons (Fsp3) is 0.900. The summed E-state index contributed by atoms with van der Waals surface area (Å²) in [5, 5.41) is 4.60. The number of carbonyl (C=O) groups is 1. The molecule has 1 heterocycles. The van der Waals surface area contributed by atoms with Crippen LogP contribution in [-0.2, 0) is 14.8 Å². The van der Waals surface area contributed by atoms with Crippen LogP contribution in [0.1, 0.15) is 6.42 Å². The maximum Gasteiger partial charge on any atom is 0.404 e. The second-order valence-corrected chi connectivity index (χ2v) is 7.16. The summed E-state index contributed by atoms with van der Waals surface area (Å²) < 4.78 is 62.9. The molecule has 0 aliphatic carbocycles. The van der Waals surface area contributed by atoms with Crippen molar-refractivity contribution in [3.05, 3.63) is 0 Å². The Kier molecular flexibility index (Phi) is 5.03. The third kappa shape index (κ3) is 3.41. The highest BCUT2D eigenvalue weighted by Crippen LogP contribution is 2.43. The van der Waals surface area contributed by atoms with Gasteiger partial charge >= 0.3 is 6.18 Å². The predicted molar refractivity (Wildman–Crippen MR) is 66.5 cm³/mol. The molecule has 1 rings (SSSR count). The first-order chi connectivity index (χ1) is 9.03. The lowest BCUT2D eigenvalue weighted by Crippen LogP contribution is -2.53. The van der Waals surface area contributed by atoms with Crippen LogP contribution in [0.15, 0.2) is 0 Å². The molecule has 0 radical (unpaired) electrons. The number of nitrogens with zero attached hydrogens (tertiary/aromatic N) is 1. The zero-order chi connectivity index (χ0) is 15.6. The Labute approximate surface area is 115 Å². The van der Waals surface area contributed by atoms with Gasteiger partial charge in [-0.25, -0.2) is 12.7 Å². The number of nitrogens with one attached hydrogen (secondary N) is 2. The monoisotopic (exact) mass is 317 g/mol. The highest BCUT2D eigenvalue weighted by Gasteiger charge is 2.61. The van der Waals surface area contributed by atoms with Crippen LogP contribution in [0, 0.1) is 5.41 Å². The van der Waals surface area contributed by atoms with E-state index in [-0.39, 0.29) is 19.5 Å². The van der Waals surface area contributed by atoms with Crippen molar-refractivity contribution in [1.29, 1.82) is 0 Å². The van der Waals surface area contributed by atoms with Crippen LogP contribution in [0.4, 0.5) is 13.2 Å². The van der Waals surface area contributed by atoms with E-state index in [0.717, 1.165) is 4.31 Å². The predicted octanol–water partition coefficient (Wildman–Crippen LogP) is -0.464. The summed E-state index contributed by atoms with van der Waals surface area (Å²) >= 11 is 0. The lowest BCUT2D eigenvalue weighted by atomic mass is 9.85. The summed E-state index contributed by atoms with van der Waals surface area (Å²) in [4.78, 5) is 11.8. The molecule has 0 aromatic heterocycles. The molecule has 1 aliphatic heterocycles. The summed E-state index contributed by atoms with van der Waals surface area (Å²) in [5.41, 5.74) is -2.46. The summed E-state index contributed by atoms with van der Waals surface area (Å²) in [6.07, 6.45) is -5.01. The molecule has 0 aromatic rings. The quantitative estimate of drug-likeness (QED) is 0.719. The number of rotatable bonds is 5. The van der Waals surface area contributed by atoms with Gasteiger partial charge in [-0.15, -0.1) is 0 Å². The van der Waals surface area contributed by atoms with Crippen LogP contribution in [0.3, 0.4) is 0 Å². The second kappa shape index (κ2) is 5.86. The van der Waals surface area contributed by atoms with Gasteiger partial charge in [-0.1, -0.05) is 0 Å². The molecule has 1 amide bonds. The minimum atomic E-state index is -4.67. The van der Waals surface area contributed by atoms with Gasteiger partial charge in [0.05, 0.1) is 5.75 Å². The van der Waals surface area contributed by atoms with E-state index < -0.39 is 39.8 Å². The molecule has 6 nitrogen and oxygen atoms in total. The summed E-state index contributed by atoms with van der Waals surface area (Å²) in [7, 11) is -0.921. The fourth-order valence-corrected chi connectivity index (χ4v) is 2.63. The van der Waals surface area contributed by atoms with Gasteiger partial charge in [-0.05, 0) is 13.0 Å². The van der Waals surface area contributed by atoms with Gasteiger partial charge in [0, 0.05) is 27.2 Å². The standard InChI is InChI=1S/C10H18F3N3O3S/c1-16(2)20(18,19)6-5-15-8(17)9(10(11,12)13)3-4-14-7-9/h14H,3-7H2,1-2H3,(H,15,17). The molecule has 1 fully saturated rings. The Morgan fingerprint density at radius 1 is 1.40 bits per heavy atom. The van der Waals surface area contributed by atoms with Crippen molar-refractivity contribution >= 4 is 15.9 Å². The molecule has 10 heteroatoms. The molecule has 1 saturated heterocycles.